The van der Waals surface area contributed by atoms with Crippen LogP contribution >= 0.6 is 23.1 Å². The summed E-state index contributed by atoms with van der Waals surface area (Å²) >= 11 is 3.38. The van der Waals surface area contributed by atoms with E-state index in [9.17, 15) is 4.79 Å². The fourth-order valence-electron chi connectivity index (χ4n) is 4.14. The van der Waals surface area contributed by atoms with Crippen LogP contribution in [0.4, 0.5) is 0 Å². The molecular weight excluding hydrogens is 422 g/mol. The standard InChI is InChI=1S/C25H25N3OS2/c1-27-15-14-20-21(17-27)31-23-22(20)24(29)28(19-12-6-3-7-13-19)25(26-23)30-16-8-11-18-9-4-2-5-10-18/h2-7,9-10,12-13H,8,11,14-17H2,1H3. The molecule has 2 aromatic carbocycles. The smallest absolute Gasteiger partial charge is 0.267 e. The van der Waals surface area contributed by atoms with Crippen LogP contribution in [0.15, 0.2) is 70.6 Å². The molecule has 0 atom stereocenters. The molecule has 2 aromatic heterocycles. The number of likely N-dealkylation sites (N-methyl/N-ethyl adjacent to an activating group) is 1. The summed E-state index contributed by atoms with van der Waals surface area (Å²) in [5.41, 5.74) is 3.52. The van der Waals surface area contributed by atoms with Crippen molar-refractivity contribution in [2.45, 2.75) is 31.0 Å². The van der Waals surface area contributed by atoms with Crippen LogP contribution < -0.4 is 5.56 Å². The van der Waals surface area contributed by atoms with E-state index in [2.05, 4.69) is 36.2 Å². The van der Waals surface area contributed by atoms with Gasteiger partial charge in [-0.1, -0.05) is 60.3 Å². The lowest BCUT2D eigenvalue weighted by Gasteiger charge is -2.21. The summed E-state index contributed by atoms with van der Waals surface area (Å²) in [7, 11) is 2.14. The number of hydrogen-bond donors (Lipinski definition) is 0. The third kappa shape index (κ3) is 4.20. The highest BCUT2D eigenvalue weighted by Crippen LogP contribution is 2.34. The fraction of sp³-hybridized carbons (Fsp3) is 0.280. The predicted molar refractivity (Wildman–Crippen MR) is 131 cm³/mol. The second kappa shape index (κ2) is 8.99. The number of fused-ring (bicyclic) bond motifs is 3. The SMILES string of the molecule is CN1CCc2c(sc3nc(SCCCc4ccccc4)n(-c4ccccc4)c(=O)c23)C1. The van der Waals surface area contributed by atoms with Crippen LogP contribution in [0.5, 0.6) is 0 Å². The quantitative estimate of drug-likeness (QED) is 0.232. The Labute approximate surface area is 190 Å². The Balaban J connectivity index is 1.51. The van der Waals surface area contributed by atoms with Gasteiger partial charge in [-0.05, 0) is 49.6 Å². The third-order valence-corrected chi connectivity index (χ3v) is 7.87. The number of para-hydroxylation sites is 1. The van der Waals surface area contributed by atoms with E-state index in [0.29, 0.717) is 0 Å². The van der Waals surface area contributed by atoms with Gasteiger partial charge >= 0.3 is 0 Å². The Hall–Kier alpha value is -2.41. The molecule has 3 heterocycles. The summed E-state index contributed by atoms with van der Waals surface area (Å²) in [4.78, 5) is 23.2. The van der Waals surface area contributed by atoms with E-state index in [1.807, 2.05) is 41.0 Å². The van der Waals surface area contributed by atoms with Gasteiger partial charge in [-0.25, -0.2) is 4.98 Å². The molecule has 4 aromatic rings. The minimum absolute atomic E-state index is 0.0730. The molecule has 0 amide bonds. The molecule has 0 fully saturated rings. The van der Waals surface area contributed by atoms with Gasteiger partial charge in [0.2, 0.25) is 0 Å². The number of thiophene rings is 1. The van der Waals surface area contributed by atoms with Gasteiger partial charge in [0, 0.05) is 23.7 Å². The van der Waals surface area contributed by atoms with Crippen LogP contribution in [0.25, 0.3) is 15.9 Å². The van der Waals surface area contributed by atoms with Crippen molar-refractivity contribution in [2.24, 2.45) is 0 Å². The summed E-state index contributed by atoms with van der Waals surface area (Å²) in [5, 5.41) is 1.62. The first-order valence-electron chi connectivity index (χ1n) is 10.7. The fourth-order valence-corrected chi connectivity index (χ4v) is 6.43. The van der Waals surface area contributed by atoms with Crippen molar-refractivity contribution in [3.05, 3.63) is 87.0 Å². The minimum atomic E-state index is 0.0730. The first-order chi connectivity index (χ1) is 15.2. The first-order valence-corrected chi connectivity index (χ1v) is 12.5. The molecular formula is C25H25N3OS2. The first kappa shape index (κ1) is 20.5. The van der Waals surface area contributed by atoms with Crippen molar-refractivity contribution >= 4 is 33.3 Å². The zero-order chi connectivity index (χ0) is 21.2. The molecule has 31 heavy (non-hydrogen) atoms. The predicted octanol–water partition coefficient (Wildman–Crippen LogP) is 5.16. The van der Waals surface area contributed by atoms with Gasteiger partial charge in [-0.15, -0.1) is 11.3 Å². The molecule has 0 saturated carbocycles. The molecule has 0 spiro atoms. The largest absolute Gasteiger partial charge is 0.301 e. The summed E-state index contributed by atoms with van der Waals surface area (Å²) < 4.78 is 1.82. The zero-order valence-corrected chi connectivity index (χ0v) is 19.2. The van der Waals surface area contributed by atoms with Gasteiger partial charge in [0.25, 0.3) is 5.56 Å². The van der Waals surface area contributed by atoms with Gasteiger partial charge in [-0.2, -0.15) is 0 Å². The molecule has 0 aliphatic carbocycles. The minimum Gasteiger partial charge on any atom is -0.301 e. The van der Waals surface area contributed by atoms with Crippen molar-refractivity contribution in [1.82, 2.24) is 14.5 Å². The average molecular weight is 448 g/mol. The Bertz CT molecular complexity index is 1250. The summed E-state index contributed by atoms with van der Waals surface area (Å²) in [5.74, 6) is 0.924. The molecule has 1 aliphatic rings. The maximum absolute atomic E-state index is 13.7. The molecule has 5 rings (SSSR count). The summed E-state index contributed by atoms with van der Waals surface area (Å²) in [6.07, 6.45) is 3.00. The number of hydrogen-bond acceptors (Lipinski definition) is 5. The molecule has 0 saturated heterocycles. The van der Waals surface area contributed by atoms with Crippen molar-refractivity contribution in [2.75, 3.05) is 19.3 Å². The molecule has 158 valence electrons. The summed E-state index contributed by atoms with van der Waals surface area (Å²) in [6.45, 7) is 1.89. The van der Waals surface area contributed by atoms with E-state index in [0.717, 1.165) is 59.2 Å². The lowest BCUT2D eigenvalue weighted by atomic mass is 10.1. The van der Waals surface area contributed by atoms with E-state index >= 15 is 0 Å². The lowest BCUT2D eigenvalue weighted by Crippen LogP contribution is -2.27. The second-order valence-corrected chi connectivity index (χ2v) is 10.1. The van der Waals surface area contributed by atoms with Gasteiger partial charge < -0.3 is 4.90 Å². The summed E-state index contributed by atoms with van der Waals surface area (Å²) in [6, 6.07) is 20.5. The Morgan fingerprint density at radius 1 is 1.06 bits per heavy atom. The van der Waals surface area contributed by atoms with Crippen molar-refractivity contribution in [3.63, 3.8) is 0 Å². The van der Waals surface area contributed by atoms with Crippen LogP contribution in [0.2, 0.25) is 0 Å². The number of thioether (sulfide) groups is 1. The lowest BCUT2D eigenvalue weighted by molar-refractivity contribution is 0.318. The molecule has 6 heteroatoms. The van der Waals surface area contributed by atoms with Crippen LogP contribution in [0.1, 0.15) is 22.4 Å². The number of rotatable bonds is 6. The highest BCUT2D eigenvalue weighted by molar-refractivity contribution is 7.99. The molecule has 0 bridgehead atoms. The molecule has 0 radical (unpaired) electrons. The van der Waals surface area contributed by atoms with E-state index in [-0.39, 0.29) is 5.56 Å². The van der Waals surface area contributed by atoms with Crippen LogP contribution in [0.3, 0.4) is 0 Å². The zero-order valence-electron chi connectivity index (χ0n) is 17.6. The number of aryl methyl sites for hydroxylation is 1. The van der Waals surface area contributed by atoms with Crippen LogP contribution in [-0.2, 0) is 19.4 Å². The molecule has 0 unspecified atom stereocenters. The van der Waals surface area contributed by atoms with E-state index in [4.69, 9.17) is 4.98 Å². The highest BCUT2D eigenvalue weighted by atomic mass is 32.2. The Morgan fingerprint density at radius 2 is 1.81 bits per heavy atom. The maximum atomic E-state index is 13.7. The number of nitrogens with zero attached hydrogens (tertiary/aromatic N) is 3. The van der Waals surface area contributed by atoms with Crippen molar-refractivity contribution < 1.29 is 0 Å². The van der Waals surface area contributed by atoms with E-state index < -0.39 is 0 Å². The second-order valence-electron chi connectivity index (χ2n) is 7.98. The van der Waals surface area contributed by atoms with Crippen molar-refractivity contribution in [3.8, 4) is 5.69 Å². The van der Waals surface area contributed by atoms with Crippen LogP contribution in [-0.4, -0.2) is 33.8 Å². The molecule has 4 nitrogen and oxygen atoms in total. The number of benzene rings is 2. The van der Waals surface area contributed by atoms with E-state index in [1.165, 1.54) is 16.0 Å². The normalized spacial score (nSPS) is 14.1. The van der Waals surface area contributed by atoms with Gasteiger partial charge in [0.15, 0.2) is 5.16 Å². The van der Waals surface area contributed by atoms with Gasteiger partial charge in [-0.3, -0.25) is 9.36 Å². The van der Waals surface area contributed by atoms with Gasteiger partial charge in [0.1, 0.15) is 4.83 Å². The number of aromatic nitrogens is 2. The van der Waals surface area contributed by atoms with Crippen LogP contribution in [0, 0.1) is 0 Å². The molecule has 0 N–H and O–H groups in total. The third-order valence-electron chi connectivity index (χ3n) is 5.73. The van der Waals surface area contributed by atoms with Crippen molar-refractivity contribution in [1.29, 1.82) is 0 Å². The Kier molecular flexibility index (Phi) is 5.94. The monoisotopic (exact) mass is 447 g/mol. The van der Waals surface area contributed by atoms with E-state index in [1.54, 1.807) is 23.1 Å². The average Bonchev–Trinajstić information content (AvgIpc) is 3.15. The maximum Gasteiger partial charge on any atom is 0.267 e. The molecule has 1 aliphatic heterocycles. The topological polar surface area (TPSA) is 38.1 Å². The van der Waals surface area contributed by atoms with Gasteiger partial charge in [0.05, 0.1) is 11.1 Å². The highest BCUT2D eigenvalue weighted by Gasteiger charge is 2.24. The Morgan fingerprint density at radius 3 is 2.58 bits per heavy atom.